The monoisotopic (exact) mass is 348 g/mol. The molecule has 0 aliphatic heterocycles. The van der Waals surface area contributed by atoms with Gasteiger partial charge in [0.2, 0.25) is 11.9 Å². The van der Waals surface area contributed by atoms with Crippen molar-refractivity contribution in [1.29, 1.82) is 0 Å². The maximum absolute atomic E-state index is 13.5. The lowest BCUT2D eigenvalue weighted by Gasteiger charge is -2.09. The summed E-state index contributed by atoms with van der Waals surface area (Å²) in [6.45, 7) is -0.314. The first kappa shape index (κ1) is 16.4. The van der Waals surface area contributed by atoms with Gasteiger partial charge in [0.15, 0.2) is 17.5 Å². The minimum atomic E-state index is -1.65. The Morgan fingerprint density at radius 3 is 2.56 bits per heavy atom. The van der Waals surface area contributed by atoms with Gasteiger partial charge in [-0.05, 0) is 34.7 Å². The quantitative estimate of drug-likeness (QED) is 0.690. The largest absolute Gasteiger partial charge is 0.344 e. The van der Waals surface area contributed by atoms with Gasteiger partial charge < -0.3 is 10.6 Å². The Morgan fingerprint density at radius 2 is 1.80 bits per heavy atom. The average Bonchev–Trinajstić information content (AvgIpc) is 3.10. The van der Waals surface area contributed by atoms with E-state index in [4.69, 9.17) is 0 Å². The molecule has 2 N–H and O–H groups in total. The molecule has 2 aromatic carbocycles. The molecule has 0 radical (unpaired) electrons. The molecule has 3 rings (SSSR count). The van der Waals surface area contributed by atoms with E-state index in [1.807, 2.05) is 6.07 Å². The fourth-order valence-electron chi connectivity index (χ4n) is 2.02. The van der Waals surface area contributed by atoms with Gasteiger partial charge in [-0.1, -0.05) is 23.3 Å². The number of nitrogens with zero attached hydrogens (tertiary/aromatic N) is 4. The summed E-state index contributed by atoms with van der Waals surface area (Å²) in [5, 5.41) is 15.9. The van der Waals surface area contributed by atoms with Gasteiger partial charge in [-0.25, -0.2) is 13.2 Å². The van der Waals surface area contributed by atoms with Gasteiger partial charge in [0.1, 0.15) is 0 Å². The maximum Gasteiger partial charge on any atom is 0.248 e. The summed E-state index contributed by atoms with van der Waals surface area (Å²) in [5.74, 6) is -4.96. The highest BCUT2D eigenvalue weighted by molar-refractivity contribution is 5.93. The van der Waals surface area contributed by atoms with Crippen LogP contribution in [0.25, 0.3) is 5.69 Å². The number of para-hydroxylation sites is 1. The third-order valence-electron chi connectivity index (χ3n) is 3.19. The van der Waals surface area contributed by atoms with Crippen LogP contribution in [-0.4, -0.2) is 32.7 Å². The van der Waals surface area contributed by atoms with Crippen molar-refractivity contribution in [2.24, 2.45) is 0 Å². The first-order valence-electron chi connectivity index (χ1n) is 7.07. The molecule has 1 aromatic heterocycles. The van der Waals surface area contributed by atoms with Gasteiger partial charge in [-0.3, -0.25) is 4.79 Å². The van der Waals surface area contributed by atoms with E-state index in [1.165, 1.54) is 4.68 Å². The van der Waals surface area contributed by atoms with Crippen LogP contribution in [0.5, 0.6) is 0 Å². The molecule has 0 aliphatic rings. The Balaban J connectivity index is 1.66. The number of amides is 1. The van der Waals surface area contributed by atoms with Crippen LogP contribution in [0.1, 0.15) is 0 Å². The summed E-state index contributed by atoms with van der Waals surface area (Å²) in [4.78, 5) is 11.9. The smallest absolute Gasteiger partial charge is 0.248 e. The van der Waals surface area contributed by atoms with Crippen molar-refractivity contribution in [3.05, 3.63) is 59.9 Å². The summed E-state index contributed by atoms with van der Waals surface area (Å²) in [5.41, 5.74) is 0.204. The molecule has 0 unspecified atom stereocenters. The number of anilines is 2. The molecule has 10 heteroatoms. The maximum atomic E-state index is 13.5. The van der Waals surface area contributed by atoms with Gasteiger partial charge in [-0.15, -0.1) is 0 Å². The third kappa shape index (κ3) is 3.57. The highest BCUT2D eigenvalue weighted by Gasteiger charge is 2.16. The molecule has 7 nitrogen and oxygen atoms in total. The second-order valence-electron chi connectivity index (χ2n) is 4.87. The van der Waals surface area contributed by atoms with Crippen LogP contribution in [0.3, 0.4) is 0 Å². The van der Waals surface area contributed by atoms with E-state index in [9.17, 15) is 18.0 Å². The number of rotatable bonds is 5. The fourth-order valence-corrected chi connectivity index (χ4v) is 2.02. The number of benzene rings is 2. The molecular formula is C15H11F3N6O. The Bertz CT molecular complexity index is 900. The molecule has 0 bridgehead atoms. The lowest BCUT2D eigenvalue weighted by atomic mass is 10.2. The van der Waals surface area contributed by atoms with E-state index in [1.54, 1.807) is 24.3 Å². The van der Waals surface area contributed by atoms with Gasteiger partial charge in [0.05, 0.1) is 17.9 Å². The molecular weight excluding hydrogens is 337 g/mol. The minimum absolute atomic E-state index is 0.187. The molecule has 0 saturated carbocycles. The molecule has 3 aromatic rings. The minimum Gasteiger partial charge on any atom is -0.344 e. The van der Waals surface area contributed by atoms with Crippen molar-refractivity contribution in [3.8, 4) is 5.69 Å². The SMILES string of the molecule is O=C(CNc1nnnn1-c1ccccc1)Nc1ccc(F)c(F)c1F. The molecule has 0 spiro atoms. The van der Waals surface area contributed by atoms with Crippen LogP contribution in [0, 0.1) is 17.5 Å². The molecule has 0 saturated heterocycles. The number of hydrogen-bond donors (Lipinski definition) is 2. The summed E-state index contributed by atoms with van der Waals surface area (Å²) in [6, 6.07) is 10.6. The standard InChI is InChI=1S/C15H11F3N6O/c16-10-6-7-11(14(18)13(10)17)20-12(25)8-19-15-21-22-23-24(15)9-4-2-1-3-5-9/h1-7H,8H2,(H,20,25)(H,19,21,23). The summed E-state index contributed by atoms with van der Waals surface area (Å²) in [6.07, 6.45) is 0. The number of nitrogens with one attached hydrogen (secondary N) is 2. The highest BCUT2D eigenvalue weighted by Crippen LogP contribution is 2.19. The first-order chi connectivity index (χ1) is 12.1. The van der Waals surface area contributed by atoms with Crippen molar-refractivity contribution in [2.75, 3.05) is 17.2 Å². The second-order valence-corrected chi connectivity index (χ2v) is 4.87. The van der Waals surface area contributed by atoms with Gasteiger partial charge >= 0.3 is 0 Å². The van der Waals surface area contributed by atoms with Crippen molar-refractivity contribution in [3.63, 3.8) is 0 Å². The van der Waals surface area contributed by atoms with Crippen LogP contribution in [0.15, 0.2) is 42.5 Å². The van der Waals surface area contributed by atoms with E-state index >= 15 is 0 Å². The highest BCUT2D eigenvalue weighted by atomic mass is 19.2. The van der Waals surface area contributed by atoms with Crippen LogP contribution >= 0.6 is 0 Å². The van der Waals surface area contributed by atoms with E-state index < -0.39 is 29.0 Å². The number of carbonyl (C=O) groups excluding carboxylic acids is 1. The third-order valence-corrected chi connectivity index (χ3v) is 3.19. The number of carbonyl (C=O) groups is 1. The lowest BCUT2D eigenvalue weighted by Crippen LogP contribution is -2.24. The summed E-state index contributed by atoms with van der Waals surface area (Å²) >= 11 is 0. The molecule has 0 fully saturated rings. The fraction of sp³-hybridized carbons (Fsp3) is 0.0667. The normalized spacial score (nSPS) is 10.5. The topological polar surface area (TPSA) is 84.7 Å². The van der Waals surface area contributed by atoms with E-state index in [0.717, 1.165) is 12.1 Å². The van der Waals surface area contributed by atoms with Gasteiger partial charge in [0.25, 0.3) is 0 Å². The lowest BCUT2D eigenvalue weighted by molar-refractivity contribution is -0.114. The number of halogens is 3. The zero-order valence-electron chi connectivity index (χ0n) is 12.6. The number of tetrazole rings is 1. The number of aromatic nitrogens is 4. The van der Waals surface area contributed by atoms with Crippen LogP contribution in [-0.2, 0) is 4.79 Å². The van der Waals surface area contributed by atoms with Crippen LogP contribution < -0.4 is 10.6 Å². The molecule has 25 heavy (non-hydrogen) atoms. The Labute approximate surface area is 139 Å². The van der Waals surface area contributed by atoms with Crippen LogP contribution in [0.2, 0.25) is 0 Å². The van der Waals surface area contributed by atoms with E-state index in [2.05, 4.69) is 26.2 Å². The molecule has 1 amide bonds. The Hall–Kier alpha value is -3.43. The van der Waals surface area contributed by atoms with Crippen molar-refractivity contribution in [2.45, 2.75) is 0 Å². The Morgan fingerprint density at radius 1 is 1.04 bits per heavy atom. The molecule has 0 atom stereocenters. The van der Waals surface area contributed by atoms with Crippen molar-refractivity contribution < 1.29 is 18.0 Å². The summed E-state index contributed by atoms with van der Waals surface area (Å²) in [7, 11) is 0. The zero-order chi connectivity index (χ0) is 17.8. The zero-order valence-corrected chi connectivity index (χ0v) is 12.6. The van der Waals surface area contributed by atoms with E-state index in [-0.39, 0.29) is 12.5 Å². The first-order valence-corrected chi connectivity index (χ1v) is 7.07. The molecule has 0 aliphatic carbocycles. The molecule has 1 heterocycles. The van der Waals surface area contributed by atoms with Gasteiger partial charge in [-0.2, -0.15) is 4.68 Å². The second kappa shape index (κ2) is 6.99. The number of hydrogen-bond acceptors (Lipinski definition) is 5. The van der Waals surface area contributed by atoms with Crippen molar-refractivity contribution in [1.82, 2.24) is 20.2 Å². The van der Waals surface area contributed by atoms with Crippen molar-refractivity contribution >= 4 is 17.5 Å². The molecule has 128 valence electrons. The predicted octanol–water partition coefficient (Wildman–Crippen LogP) is 2.13. The van der Waals surface area contributed by atoms with Crippen LogP contribution in [0.4, 0.5) is 24.8 Å². The van der Waals surface area contributed by atoms with E-state index in [0.29, 0.717) is 5.69 Å². The summed E-state index contributed by atoms with van der Waals surface area (Å²) < 4.78 is 40.9. The van der Waals surface area contributed by atoms with Gasteiger partial charge in [0, 0.05) is 0 Å². The Kier molecular flexibility index (Phi) is 4.59. The predicted molar refractivity (Wildman–Crippen MR) is 82.6 cm³/mol. The average molecular weight is 348 g/mol.